The Hall–Kier alpha value is -2.02. The predicted octanol–water partition coefficient (Wildman–Crippen LogP) is -11.7. The standard InChI is InChI=1S/C34H59N3O25/c1-8(42)36-15-20(47)27(12(5-40)55-30(15)35)60-31-16(37-9(2)43)21(48)28(13(6-41)58-31)61-34-26(53)29(62-33-25(52)23(50)18(45)11(4-39)57-33)19(46)14(59-34)7-54-32-24(51)22(49)17(44)10(3-38)56-32/h10-34,38-41,44-53H,3-7,35H2,1-2H3,(H,36,42)(H,37,43)/t10-,11-,12-,13-,14-,15-,16-,17-,18-,19-,20-,21-,22+,23+,24+,25+,26+,27-,28-,29+,30-,31+,32+,33-,34+/m1/s1. The first-order valence-corrected chi connectivity index (χ1v) is 19.7. The van der Waals surface area contributed by atoms with Gasteiger partial charge in [0, 0.05) is 13.8 Å². The maximum atomic E-state index is 12.4. The molecule has 5 aliphatic heterocycles. The Balaban J connectivity index is 1.41. The largest absolute Gasteiger partial charge is 0.394 e. The molecule has 360 valence electrons. The Bertz CT molecular complexity index is 1440. The summed E-state index contributed by atoms with van der Waals surface area (Å²) in [7, 11) is 0. The number of rotatable bonds is 15. The first-order chi connectivity index (χ1) is 29.3. The molecule has 5 heterocycles. The van der Waals surface area contributed by atoms with Crippen LogP contribution in [-0.4, -0.2) is 270 Å². The van der Waals surface area contributed by atoms with Crippen molar-refractivity contribution in [3.8, 4) is 0 Å². The zero-order chi connectivity index (χ0) is 45.9. The molecule has 0 aromatic carbocycles. The first-order valence-electron chi connectivity index (χ1n) is 19.7. The molecule has 0 aromatic rings. The van der Waals surface area contributed by atoms with Gasteiger partial charge in [-0.25, -0.2) is 0 Å². The smallest absolute Gasteiger partial charge is 0.217 e. The molecular weight excluding hydrogens is 850 g/mol. The highest BCUT2D eigenvalue weighted by Crippen LogP contribution is 2.35. The van der Waals surface area contributed by atoms with E-state index >= 15 is 0 Å². The third-order valence-corrected chi connectivity index (χ3v) is 11.2. The lowest BCUT2D eigenvalue weighted by Crippen LogP contribution is -2.71. The van der Waals surface area contributed by atoms with Crippen LogP contribution in [0.4, 0.5) is 0 Å². The second-order valence-electron chi connectivity index (χ2n) is 15.5. The molecule has 0 aromatic heterocycles. The molecule has 0 radical (unpaired) electrons. The van der Waals surface area contributed by atoms with Crippen molar-refractivity contribution in [1.29, 1.82) is 0 Å². The number of aliphatic hydroxyl groups is 14. The SMILES string of the molecule is CC(=O)N[C@@H]1[C@@H](O)[C@H](O[C@@H]2O[C@H](CO)[C@@H](O[C@@H]3O[C@H](CO[C@H]4O[C@H](CO)[C@@H](O)[C@H](O)[C@@H]4O)[C@@H](O)[C@H](O[C@H]4O[C@H](CO)[C@@H](O)[C@H](O)[C@@H]4O)[C@@H]3O)[C@H](O)[C@H]2NC(C)=O)[C@@H](CO)O[C@H]1N. The lowest BCUT2D eigenvalue weighted by atomic mass is 9.93. The molecule has 2 amide bonds. The van der Waals surface area contributed by atoms with Crippen molar-refractivity contribution in [3.63, 3.8) is 0 Å². The fourth-order valence-electron chi connectivity index (χ4n) is 7.79. The molecule has 28 nitrogen and oxygen atoms in total. The van der Waals surface area contributed by atoms with Gasteiger partial charge in [-0.15, -0.1) is 0 Å². The summed E-state index contributed by atoms with van der Waals surface area (Å²) in [6.07, 6.45) is -41.2. The maximum absolute atomic E-state index is 12.4. The van der Waals surface area contributed by atoms with Gasteiger partial charge in [0.1, 0.15) is 122 Å². The van der Waals surface area contributed by atoms with Crippen LogP contribution in [0, 0.1) is 0 Å². The lowest BCUT2D eigenvalue weighted by molar-refractivity contribution is -0.383. The van der Waals surface area contributed by atoms with Gasteiger partial charge in [-0.1, -0.05) is 0 Å². The van der Waals surface area contributed by atoms with E-state index in [0.29, 0.717) is 0 Å². The first kappa shape index (κ1) is 51.0. The van der Waals surface area contributed by atoms with Crippen LogP contribution in [0.1, 0.15) is 13.8 Å². The molecule has 0 unspecified atom stereocenters. The summed E-state index contributed by atoms with van der Waals surface area (Å²) < 4.78 is 51.2. The maximum Gasteiger partial charge on any atom is 0.217 e. The van der Waals surface area contributed by atoms with Crippen LogP contribution in [0.2, 0.25) is 0 Å². The third-order valence-electron chi connectivity index (χ3n) is 11.2. The molecule has 0 bridgehead atoms. The number of carbonyl (C=O) groups excluding carboxylic acids is 2. The minimum Gasteiger partial charge on any atom is -0.394 e. The van der Waals surface area contributed by atoms with Crippen molar-refractivity contribution < 1.29 is 124 Å². The van der Waals surface area contributed by atoms with Gasteiger partial charge in [0.05, 0.1) is 39.1 Å². The van der Waals surface area contributed by atoms with Gasteiger partial charge < -0.3 is 130 Å². The fraction of sp³-hybridized carbons (Fsp3) is 0.941. The van der Waals surface area contributed by atoms with Crippen molar-refractivity contribution in [1.82, 2.24) is 10.6 Å². The summed E-state index contributed by atoms with van der Waals surface area (Å²) in [5.74, 6) is -1.39. The zero-order valence-electron chi connectivity index (χ0n) is 33.3. The monoisotopic (exact) mass is 909 g/mol. The molecule has 28 heteroatoms. The molecule has 0 saturated carbocycles. The number of ether oxygens (including phenoxy) is 9. The van der Waals surface area contributed by atoms with Crippen molar-refractivity contribution >= 4 is 11.8 Å². The van der Waals surface area contributed by atoms with Gasteiger partial charge in [-0.3, -0.25) is 9.59 Å². The van der Waals surface area contributed by atoms with Crippen LogP contribution in [0.15, 0.2) is 0 Å². The van der Waals surface area contributed by atoms with Gasteiger partial charge in [0.15, 0.2) is 25.2 Å². The average Bonchev–Trinajstić information content (AvgIpc) is 3.23. The minimum atomic E-state index is -2.17. The minimum absolute atomic E-state index is 0.613. The third kappa shape index (κ3) is 11.0. The number of hydrogen-bond acceptors (Lipinski definition) is 26. The van der Waals surface area contributed by atoms with E-state index in [1.807, 2.05) is 0 Å². The van der Waals surface area contributed by atoms with E-state index in [0.717, 1.165) is 13.8 Å². The number of nitrogens with two attached hydrogens (primary N) is 1. The Morgan fingerprint density at radius 2 is 0.855 bits per heavy atom. The van der Waals surface area contributed by atoms with E-state index in [2.05, 4.69) is 10.6 Å². The highest BCUT2D eigenvalue weighted by Gasteiger charge is 2.56. The highest BCUT2D eigenvalue weighted by atomic mass is 16.8. The van der Waals surface area contributed by atoms with E-state index in [9.17, 15) is 81.1 Å². The highest BCUT2D eigenvalue weighted by molar-refractivity contribution is 5.73. The topological polar surface area (TPSA) is 451 Å². The van der Waals surface area contributed by atoms with Gasteiger partial charge >= 0.3 is 0 Å². The Kier molecular flexibility index (Phi) is 18.1. The van der Waals surface area contributed by atoms with Crippen LogP contribution >= 0.6 is 0 Å². The molecule has 0 aliphatic carbocycles. The Labute approximate surface area is 352 Å². The van der Waals surface area contributed by atoms with Gasteiger partial charge in [0.25, 0.3) is 0 Å². The molecule has 0 spiro atoms. The molecule has 5 rings (SSSR count). The summed E-state index contributed by atoms with van der Waals surface area (Å²) >= 11 is 0. The van der Waals surface area contributed by atoms with E-state index in [-0.39, 0.29) is 0 Å². The summed E-state index contributed by atoms with van der Waals surface area (Å²) in [6.45, 7) is -2.12. The summed E-state index contributed by atoms with van der Waals surface area (Å²) in [4.78, 5) is 24.3. The molecule has 25 atom stereocenters. The zero-order valence-corrected chi connectivity index (χ0v) is 33.3. The van der Waals surface area contributed by atoms with Crippen molar-refractivity contribution in [2.24, 2.45) is 5.73 Å². The Morgan fingerprint density at radius 1 is 0.452 bits per heavy atom. The van der Waals surface area contributed by atoms with Gasteiger partial charge in [-0.2, -0.15) is 0 Å². The van der Waals surface area contributed by atoms with Crippen molar-refractivity contribution in [3.05, 3.63) is 0 Å². The van der Waals surface area contributed by atoms with Crippen LogP contribution in [0.5, 0.6) is 0 Å². The predicted molar refractivity (Wildman–Crippen MR) is 192 cm³/mol. The quantitative estimate of drug-likeness (QED) is 0.0725. The number of aliphatic hydroxyl groups excluding tert-OH is 14. The van der Waals surface area contributed by atoms with Crippen LogP contribution in [0.3, 0.4) is 0 Å². The normalized spacial score (nSPS) is 49.0. The average molecular weight is 910 g/mol. The van der Waals surface area contributed by atoms with Crippen molar-refractivity contribution in [2.45, 2.75) is 167 Å². The number of nitrogens with one attached hydrogen (secondary N) is 2. The molecular formula is C34H59N3O25. The van der Waals surface area contributed by atoms with Crippen molar-refractivity contribution in [2.75, 3.05) is 33.0 Å². The molecule has 5 fully saturated rings. The lowest BCUT2D eigenvalue weighted by Gasteiger charge is -2.50. The fourth-order valence-corrected chi connectivity index (χ4v) is 7.79. The van der Waals surface area contributed by atoms with E-state index in [1.165, 1.54) is 0 Å². The second-order valence-corrected chi connectivity index (χ2v) is 15.5. The molecule has 5 saturated heterocycles. The van der Waals surface area contributed by atoms with Crippen LogP contribution < -0.4 is 16.4 Å². The van der Waals surface area contributed by atoms with Gasteiger partial charge in [-0.05, 0) is 0 Å². The van der Waals surface area contributed by atoms with E-state index < -0.39 is 198 Å². The Morgan fingerprint density at radius 3 is 1.39 bits per heavy atom. The number of amides is 2. The number of carbonyl (C=O) groups is 2. The van der Waals surface area contributed by atoms with Crippen LogP contribution in [-0.2, 0) is 52.2 Å². The number of hydrogen-bond donors (Lipinski definition) is 17. The molecule has 62 heavy (non-hydrogen) atoms. The van der Waals surface area contributed by atoms with E-state index in [1.54, 1.807) is 0 Å². The summed E-state index contributed by atoms with van der Waals surface area (Å²) in [5, 5.41) is 153. The molecule has 18 N–H and O–H groups in total. The second kappa shape index (κ2) is 22.0. The summed E-state index contributed by atoms with van der Waals surface area (Å²) in [5.41, 5.74) is 5.95. The van der Waals surface area contributed by atoms with E-state index in [4.69, 9.17) is 48.4 Å². The summed E-state index contributed by atoms with van der Waals surface area (Å²) in [6, 6.07) is -2.94. The van der Waals surface area contributed by atoms with Crippen LogP contribution in [0.25, 0.3) is 0 Å². The van der Waals surface area contributed by atoms with Gasteiger partial charge in [0.2, 0.25) is 11.8 Å². The molecule has 5 aliphatic rings.